The monoisotopic (exact) mass is 349 g/mol. The van der Waals surface area contributed by atoms with Crippen LogP contribution in [0.2, 0.25) is 0 Å². The molecule has 5 nitrogen and oxygen atoms in total. The third-order valence-corrected chi connectivity index (χ3v) is 4.56. The molecule has 1 amide bonds. The Morgan fingerprint density at radius 2 is 1.85 bits per heavy atom. The average molecular weight is 349 g/mol. The maximum atomic E-state index is 12.6. The lowest BCUT2D eigenvalue weighted by Crippen LogP contribution is -2.51. The molecule has 1 saturated heterocycles. The average Bonchev–Trinajstić information content (AvgIpc) is 2.69. The predicted molar refractivity (Wildman–Crippen MR) is 99.5 cm³/mol. The number of hydrogen-bond acceptors (Lipinski definition) is 4. The number of rotatable bonds is 5. The van der Waals surface area contributed by atoms with Crippen LogP contribution < -0.4 is 4.74 Å². The van der Waals surface area contributed by atoms with Crippen molar-refractivity contribution in [2.45, 2.75) is 19.6 Å². The zero-order valence-corrected chi connectivity index (χ0v) is 15.0. The zero-order valence-electron chi connectivity index (χ0n) is 15.0. The van der Waals surface area contributed by atoms with E-state index in [1.54, 1.807) is 31.2 Å². The van der Waals surface area contributed by atoms with Gasteiger partial charge in [-0.15, -0.1) is 0 Å². The Hall–Kier alpha value is -2.84. The molecule has 1 heterocycles. The van der Waals surface area contributed by atoms with E-state index in [1.165, 1.54) is 5.56 Å². The van der Waals surface area contributed by atoms with E-state index in [0.717, 1.165) is 19.6 Å². The second-order valence-electron chi connectivity index (χ2n) is 6.49. The molecule has 1 fully saturated rings. The molecule has 26 heavy (non-hydrogen) atoms. The minimum atomic E-state index is -0.565. The van der Waals surface area contributed by atoms with Crippen LogP contribution in [0.1, 0.15) is 18.1 Å². The van der Waals surface area contributed by atoms with E-state index < -0.39 is 6.10 Å². The Balaban J connectivity index is 1.50. The predicted octanol–water partition coefficient (Wildman–Crippen LogP) is 2.67. The van der Waals surface area contributed by atoms with Gasteiger partial charge in [-0.2, -0.15) is 5.26 Å². The molecule has 0 spiro atoms. The lowest BCUT2D eigenvalue weighted by molar-refractivity contribution is -0.139. The summed E-state index contributed by atoms with van der Waals surface area (Å²) in [5, 5.41) is 8.95. The number of hydrogen-bond donors (Lipinski definition) is 0. The van der Waals surface area contributed by atoms with Crippen molar-refractivity contribution in [2.75, 3.05) is 26.2 Å². The van der Waals surface area contributed by atoms with Crippen molar-refractivity contribution in [3.8, 4) is 11.8 Å². The number of carbonyl (C=O) groups excluding carboxylic acids is 1. The number of nitrogens with zero attached hydrogens (tertiary/aromatic N) is 3. The van der Waals surface area contributed by atoms with Gasteiger partial charge in [-0.1, -0.05) is 36.4 Å². The zero-order chi connectivity index (χ0) is 18.4. The van der Waals surface area contributed by atoms with Crippen molar-refractivity contribution in [3.63, 3.8) is 0 Å². The lowest BCUT2D eigenvalue weighted by atomic mass is 10.2. The van der Waals surface area contributed by atoms with Crippen LogP contribution >= 0.6 is 0 Å². The normalized spacial score (nSPS) is 15.9. The largest absolute Gasteiger partial charge is 0.481 e. The van der Waals surface area contributed by atoms with E-state index in [4.69, 9.17) is 10.00 Å². The van der Waals surface area contributed by atoms with Gasteiger partial charge in [0.1, 0.15) is 5.75 Å². The Labute approximate surface area is 154 Å². The molecule has 0 aromatic heterocycles. The summed E-state index contributed by atoms with van der Waals surface area (Å²) < 4.78 is 5.74. The molecule has 1 atom stereocenters. The number of piperazine rings is 1. The van der Waals surface area contributed by atoms with Crippen molar-refractivity contribution in [3.05, 3.63) is 65.7 Å². The molecule has 0 radical (unpaired) electrons. The van der Waals surface area contributed by atoms with Gasteiger partial charge in [-0.05, 0) is 30.7 Å². The maximum absolute atomic E-state index is 12.6. The van der Waals surface area contributed by atoms with Crippen molar-refractivity contribution in [2.24, 2.45) is 0 Å². The first-order chi connectivity index (χ1) is 12.7. The molecule has 134 valence electrons. The standard InChI is InChI=1S/C21H23N3O2/c1-17(26-20-9-5-8-19(14-20)15-22)21(25)24-12-10-23(11-13-24)16-18-6-3-2-4-7-18/h2-9,14,17H,10-13,16H2,1H3. The number of carbonyl (C=O) groups is 1. The van der Waals surface area contributed by atoms with Gasteiger partial charge in [0.25, 0.3) is 5.91 Å². The van der Waals surface area contributed by atoms with Gasteiger partial charge in [-0.3, -0.25) is 9.69 Å². The number of ether oxygens (including phenoxy) is 1. The van der Waals surface area contributed by atoms with Crippen LogP contribution in [-0.4, -0.2) is 48.0 Å². The van der Waals surface area contributed by atoms with Crippen LogP contribution in [0.4, 0.5) is 0 Å². The molecule has 0 aliphatic carbocycles. The third kappa shape index (κ3) is 4.62. The minimum absolute atomic E-state index is 0.00766. The van der Waals surface area contributed by atoms with Crippen molar-refractivity contribution in [1.29, 1.82) is 5.26 Å². The molecular weight excluding hydrogens is 326 g/mol. The van der Waals surface area contributed by atoms with Crippen LogP contribution in [0.25, 0.3) is 0 Å². The number of nitriles is 1. The third-order valence-electron chi connectivity index (χ3n) is 4.56. The summed E-state index contributed by atoms with van der Waals surface area (Å²) in [4.78, 5) is 16.9. The Morgan fingerprint density at radius 3 is 2.54 bits per heavy atom. The molecule has 1 aliphatic rings. The topological polar surface area (TPSA) is 56.6 Å². The Kier molecular flexibility index (Phi) is 5.88. The summed E-state index contributed by atoms with van der Waals surface area (Å²) in [6.07, 6.45) is -0.565. The van der Waals surface area contributed by atoms with Gasteiger partial charge in [0.15, 0.2) is 6.10 Å². The van der Waals surface area contributed by atoms with Crippen molar-refractivity contribution in [1.82, 2.24) is 9.80 Å². The maximum Gasteiger partial charge on any atom is 0.263 e. The van der Waals surface area contributed by atoms with E-state index in [-0.39, 0.29) is 5.91 Å². The number of benzene rings is 2. The molecule has 0 bridgehead atoms. The van der Waals surface area contributed by atoms with Gasteiger partial charge in [0, 0.05) is 32.7 Å². The lowest BCUT2D eigenvalue weighted by Gasteiger charge is -2.35. The van der Waals surface area contributed by atoms with Gasteiger partial charge in [0.05, 0.1) is 11.6 Å². The van der Waals surface area contributed by atoms with E-state index in [9.17, 15) is 4.79 Å². The van der Waals surface area contributed by atoms with E-state index in [1.807, 2.05) is 11.0 Å². The first-order valence-electron chi connectivity index (χ1n) is 8.87. The van der Waals surface area contributed by atoms with Crippen LogP contribution in [0.5, 0.6) is 5.75 Å². The van der Waals surface area contributed by atoms with Gasteiger partial charge >= 0.3 is 0 Å². The minimum Gasteiger partial charge on any atom is -0.481 e. The summed E-state index contributed by atoms with van der Waals surface area (Å²) in [5.74, 6) is 0.541. The molecule has 1 aliphatic heterocycles. The fourth-order valence-electron chi connectivity index (χ4n) is 3.12. The Bertz CT molecular complexity index is 777. The fraction of sp³-hybridized carbons (Fsp3) is 0.333. The highest BCUT2D eigenvalue weighted by molar-refractivity contribution is 5.81. The number of amides is 1. The summed E-state index contributed by atoms with van der Waals surface area (Å²) in [6.45, 7) is 5.80. The highest BCUT2D eigenvalue weighted by Crippen LogP contribution is 2.16. The van der Waals surface area contributed by atoms with Gasteiger partial charge in [-0.25, -0.2) is 0 Å². The van der Waals surface area contributed by atoms with Crippen LogP contribution in [0, 0.1) is 11.3 Å². The van der Waals surface area contributed by atoms with Crippen molar-refractivity contribution < 1.29 is 9.53 Å². The summed E-state index contributed by atoms with van der Waals surface area (Å²) in [6, 6.07) is 19.3. The van der Waals surface area contributed by atoms with Gasteiger partial charge in [0.2, 0.25) is 0 Å². The highest BCUT2D eigenvalue weighted by atomic mass is 16.5. The highest BCUT2D eigenvalue weighted by Gasteiger charge is 2.26. The first kappa shape index (κ1) is 18.0. The molecular formula is C21H23N3O2. The molecule has 2 aromatic carbocycles. The van der Waals surface area contributed by atoms with Crippen LogP contribution in [0.3, 0.4) is 0 Å². The Morgan fingerprint density at radius 1 is 1.12 bits per heavy atom. The van der Waals surface area contributed by atoms with Crippen molar-refractivity contribution >= 4 is 5.91 Å². The van der Waals surface area contributed by atoms with E-state index in [0.29, 0.717) is 24.4 Å². The second-order valence-corrected chi connectivity index (χ2v) is 6.49. The molecule has 2 aromatic rings. The summed E-state index contributed by atoms with van der Waals surface area (Å²) >= 11 is 0. The first-order valence-corrected chi connectivity index (χ1v) is 8.87. The van der Waals surface area contributed by atoms with Gasteiger partial charge < -0.3 is 9.64 Å². The molecule has 0 saturated carbocycles. The van der Waals surface area contributed by atoms with E-state index >= 15 is 0 Å². The quantitative estimate of drug-likeness (QED) is 0.833. The second kappa shape index (κ2) is 8.50. The summed E-state index contributed by atoms with van der Waals surface area (Å²) in [7, 11) is 0. The smallest absolute Gasteiger partial charge is 0.263 e. The molecule has 3 rings (SSSR count). The fourth-order valence-corrected chi connectivity index (χ4v) is 3.12. The summed E-state index contributed by atoms with van der Waals surface area (Å²) in [5.41, 5.74) is 1.82. The molecule has 0 N–H and O–H groups in total. The van der Waals surface area contributed by atoms with Crippen LogP contribution in [-0.2, 0) is 11.3 Å². The molecule has 5 heteroatoms. The van der Waals surface area contributed by atoms with Crippen LogP contribution in [0.15, 0.2) is 54.6 Å². The van der Waals surface area contributed by atoms with E-state index in [2.05, 4.69) is 35.2 Å². The molecule has 1 unspecified atom stereocenters. The SMILES string of the molecule is CC(Oc1cccc(C#N)c1)C(=O)N1CCN(Cc2ccccc2)CC1.